The standard InChI is InChI=1S/C16H19ClN2O5/c1-4-24-15(20)12-10(8-17)18-16(21)19-13(12)9-6-5-7-11(22-2)14(9)23-3/h5-7,13H,4,8H2,1-3H3,(H2,18,19,21)/t13-/m1/s1. The minimum atomic E-state index is -0.767. The van der Waals surface area contributed by atoms with Crippen molar-refractivity contribution in [1.29, 1.82) is 0 Å². The van der Waals surface area contributed by atoms with Crippen LogP contribution < -0.4 is 20.1 Å². The number of urea groups is 1. The lowest BCUT2D eigenvalue weighted by Crippen LogP contribution is -2.46. The molecule has 1 heterocycles. The average molecular weight is 355 g/mol. The predicted octanol–water partition coefficient (Wildman–Crippen LogP) is 2.11. The SMILES string of the molecule is CCOC(=O)C1=C(CCl)NC(=O)N[C@@H]1c1cccc(OC)c1OC. The van der Waals surface area contributed by atoms with Crippen LogP contribution in [0.25, 0.3) is 0 Å². The third-order valence-electron chi connectivity index (χ3n) is 3.53. The molecule has 0 unspecified atom stereocenters. The molecule has 7 nitrogen and oxygen atoms in total. The maximum Gasteiger partial charge on any atom is 0.338 e. The lowest BCUT2D eigenvalue weighted by Gasteiger charge is -2.29. The first kappa shape index (κ1) is 17.9. The summed E-state index contributed by atoms with van der Waals surface area (Å²) in [4.78, 5) is 24.4. The Hall–Kier alpha value is -2.41. The van der Waals surface area contributed by atoms with Crippen LogP contribution >= 0.6 is 11.6 Å². The number of rotatable bonds is 6. The zero-order valence-corrected chi connectivity index (χ0v) is 14.4. The molecule has 130 valence electrons. The molecule has 0 spiro atoms. The van der Waals surface area contributed by atoms with Gasteiger partial charge in [-0.05, 0) is 13.0 Å². The van der Waals surface area contributed by atoms with E-state index in [0.717, 1.165) is 0 Å². The highest BCUT2D eigenvalue weighted by Gasteiger charge is 2.35. The molecule has 1 aromatic rings. The van der Waals surface area contributed by atoms with Crippen LogP contribution in [-0.4, -0.2) is 38.7 Å². The van der Waals surface area contributed by atoms with Gasteiger partial charge in [0.15, 0.2) is 11.5 Å². The van der Waals surface area contributed by atoms with E-state index in [1.165, 1.54) is 14.2 Å². The first-order chi connectivity index (χ1) is 11.6. The Bertz CT molecular complexity index is 674. The topological polar surface area (TPSA) is 85.9 Å². The van der Waals surface area contributed by atoms with Crippen LogP contribution in [0.15, 0.2) is 29.5 Å². The summed E-state index contributed by atoms with van der Waals surface area (Å²) in [7, 11) is 3.00. The molecule has 0 aliphatic carbocycles. The van der Waals surface area contributed by atoms with E-state index in [2.05, 4.69) is 10.6 Å². The molecule has 24 heavy (non-hydrogen) atoms. The van der Waals surface area contributed by atoms with Crippen molar-refractivity contribution >= 4 is 23.6 Å². The number of allylic oxidation sites excluding steroid dienone is 1. The highest BCUT2D eigenvalue weighted by molar-refractivity contribution is 6.20. The van der Waals surface area contributed by atoms with E-state index in [4.69, 9.17) is 25.8 Å². The van der Waals surface area contributed by atoms with Crippen molar-refractivity contribution in [2.24, 2.45) is 0 Å². The monoisotopic (exact) mass is 354 g/mol. The van der Waals surface area contributed by atoms with E-state index in [0.29, 0.717) is 22.8 Å². The molecule has 2 amide bonds. The zero-order chi connectivity index (χ0) is 17.7. The molecule has 0 bridgehead atoms. The second-order valence-electron chi connectivity index (χ2n) is 4.86. The number of para-hydroxylation sites is 1. The van der Waals surface area contributed by atoms with Gasteiger partial charge < -0.3 is 24.8 Å². The molecule has 8 heteroatoms. The quantitative estimate of drug-likeness (QED) is 0.603. The highest BCUT2D eigenvalue weighted by atomic mass is 35.5. The van der Waals surface area contributed by atoms with E-state index < -0.39 is 18.0 Å². The summed E-state index contributed by atoms with van der Waals surface area (Å²) < 4.78 is 15.8. The summed E-state index contributed by atoms with van der Waals surface area (Å²) in [5, 5.41) is 5.26. The number of hydrogen-bond acceptors (Lipinski definition) is 5. The van der Waals surface area contributed by atoms with Gasteiger partial charge in [-0.25, -0.2) is 9.59 Å². The fourth-order valence-electron chi connectivity index (χ4n) is 2.55. The van der Waals surface area contributed by atoms with Crippen LogP contribution in [0.2, 0.25) is 0 Å². The number of benzene rings is 1. The average Bonchev–Trinajstić information content (AvgIpc) is 2.59. The molecule has 1 aliphatic rings. The second-order valence-corrected chi connectivity index (χ2v) is 5.13. The van der Waals surface area contributed by atoms with Crippen LogP contribution in [0.1, 0.15) is 18.5 Å². The van der Waals surface area contributed by atoms with Crippen molar-refractivity contribution in [2.75, 3.05) is 26.7 Å². The first-order valence-electron chi connectivity index (χ1n) is 7.31. The number of carbonyl (C=O) groups is 2. The molecule has 2 rings (SSSR count). The number of carbonyl (C=O) groups excluding carboxylic acids is 2. The molecule has 1 aromatic carbocycles. The van der Waals surface area contributed by atoms with Gasteiger partial charge in [-0.1, -0.05) is 12.1 Å². The van der Waals surface area contributed by atoms with E-state index in [-0.39, 0.29) is 18.1 Å². The van der Waals surface area contributed by atoms with Crippen LogP contribution in [0, 0.1) is 0 Å². The van der Waals surface area contributed by atoms with E-state index in [9.17, 15) is 9.59 Å². The lowest BCUT2D eigenvalue weighted by atomic mass is 9.94. The molecule has 0 radical (unpaired) electrons. The predicted molar refractivity (Wildman–Crippen MR) is 88.3 cm³/mol. The Morgan fingerprint density at radius 2 is 2.04 bits per heavy atom. The molecule has 0 fully saturated rings. The number of alkyl halides is 1. The molecular formula is C16H19ClN2O5. The molecule has 0 saturated carbocycles. The number of ether oxygens (including phenoxy) is 3. The third kappa shape index (κ3) is 3.41. The minimum Gasteiger partial charge on any atom is -0.493 e. The summed E-state index contributed by atoms with van der Waals surface area (Å²) in [6.07, 6.45) is 0. The molecule has 1 aliphatic heterocycles. The number of halogens is 1. The summed E-state index contributed by atoms with van der Waals surface area (Å²) in [5.74, 6) is 0.307. The van der Waals surface area contributed by atoms with Gasteiger partial charge in [-0.2, -0.15) is 0 Å². The fourth-order valence-corrected chi connectivity index (χ4v) is 2.76. The van der Waals surface area contributed by atoms with Crippen LogP contribution in [0.3, 0.4) is 0 Å². The first-order valence-corrected chi connectivity index (χ1v) is 7.85. The van der Waals surface area contributed by atoms with Gasteiger partial charge >= 0.3 is 12.0 Å². The Balaban J connectivity index is 2.61. The maximum absolute atomic E-state index is 12.4. The van der Waals surface area contributed by atoms with Crippen molar-refractivity contribution in [3.63, 3.8) is 0 Å². The minimum absolute atomic E-state index is 0.0373. The molecule has 0 aromatic heterocycles. The number of amides is 2. The molecular weight excluding hydrogens is 336 g/mol. The largest absolute Gasteiger partial charge is 0.493 e. The zero-order valence-electron chi connectivity index (χ0n) is 13.6. The van der Waals surface area contributed by atoms with Crippen molar-refractivity contribution in [3.8, 4) is 11.5 Å². The fraction of sp³-hybridized carbons (Fsp3) is 0.375. The molecule has 0 saturated heterocycles. The van der Waals surface area contributed by atoms with Crippen LogP contribution in [-0.2, 0) is 9.53 Å². The lowest BCUT2D eigenvalue weighted by molar-refractivity contribution is -0.139. The van der Waals surface area contributed by atoms with E-state index >= 15 is 0 Å². The summed E-state index contributed by atoms with van der Waals surface area (Å²) in [6.45, 7) is 1.91. The maximum atomic E-state index is 12.4. The van der Waals surface area contributed by atoms with Gasteiger partial charge in [-0.15, -0.1) is 11.6 Å². The van der Waals surface area contributed by atoms with Gasteiger partial charge in [0.1, 0.15) is 0 Å². The Labute approximate surface area is 144 Å². The summed E-state index contributed by atoms with van der Waals surface area (Å²) in [5.41, 5.74) is 1.10. The normalized spacial score (nSPS) is 17.0. The Morgan fingerprint density at radius 3 is 2.62 bits per heavy atom. The van der Waals surface area contributed by atoms with Gasteiger partial charge in [0.2, 0.25) is 0 Å². The van der Waals surface area contributed by atoms with Gasteiger partial charge in [0.05, 0.1) is 38.3 Å². The summed E-state index contributed by atoms with van der Waals surface area (Å²) >= 11 is 5.91. The molecule has 2 N–H and O–H groups in total. The van der Waals surface area contributed by atoms with E-state index in [1.54, 1.807) is 25.1 Å². The number of hydrogen-bond donors (Lipinski definition) is 2. The third-order valence-corrected chi connectivity index (χ3v) is 3.79. The Kier molecular flexibility index (Phi) is 5.92. The van der Waals surface area contributed by atoms with Crippen molar-refractivity contribution in [3.05, 3.63) is 35.0 Å². The van der Waals surface area contributed by atoms with Crippen molar-refractivity contribution < 1.29 is 23.8 Å². The van der Waals surface area contributed by atoms with Gasteiger partial charge in [-0.3, -0.25) is 0 Å². The van der Waals surface area contributed by atoms with Gasteiger partial charge in [0, 0.05) is 11.3 Å². The van der Waals surface area contributed by atoms with Crippen molar-refractivity contribution in [2.45, 2.75) is 13.0 Å². The van der Waals surface area contributed by atoms with Crippen LogP contribution in [0.5, 0.6) is 11.5 Å². The second kappa shape index (κ2) is 7.92. The van der Waals surface area contributed by atoms with Crippen LogP contribution in [0.4, 0.5) is 4.79 Å². The summed E-state index contributed by atoms with van der Waals surface area (Å²) in [6, 6.07) is 3.98. The number of nitrogens with one attached hydrogen (secondary N) is 2. The number of esters is 1. The smallest absolute Gasteiger partial charge is 0.338 e. The van der Waals surface area contributed by atoms with Crippen molar-refractivity contribution in [1.82, 2.24) is 10.6 Å². The van der Waals surface area contributed by atoms with Gasteiger partial charge in [0.25, 0.3) is 0 Å². The highest BCUT2D eigenvalue weighted by Crippen LogP contribution is 2.39. The Morgan fingerprint density at radius 1 is 1.29 bits per heavy atom. The number of methoxy groups -OCH3 is 2. The van der Waals surface area contributed by atoms with E-state index in [1.807, 2.05) is 0 Å². The molecule has 1 atom stereocenters.